The molecule has 7 heteroatoms. The predicted octanol–water partition coefficient (Wildman–Crippen LogP) is 4.15. The van der Waals surface area contributed by atoms with Gasteiger partial charge in [0.25, 0.3) is 0 Å². The molecule has 7 nitrogen and oxygen atoms in total. The fourth-order valence-corrected chi connectivity index (χ4v) is 3.04. The molecule has 0 heterocycles. The molecule has 0 rings (SSSR count). The molecule has 0 aromatic carbocycles. The van der Waals surface area contributed by atoms with E-state index in [2.05, 4.69) is 6.92 Å². The van der Waals surface area contributed by atoms with Crippen molar-refractivity contribution >= 4 is 11.9 Å². The molecule has 0 amide bonds. The van der Waals surface area contributed by atoms with Crippen LogP contribution in [0, 0.1) is 22.0 Å². The maximum atomic E-state index is 12.2. The van der Waals surface area contributed by atoms with Crippen LogP contribution < -0.4 is 0 Å². The van der Waals surface area contributed by atoms with Crippen molar-refractivity contribution in [3.05, 3.63) is 10.1 Å². The molecule has 0 aromatic heterocycles. The lowest BCUT2D eigenvalue weighted by Gasteiger charge is -2.21. The number of hydrogen-bond donors (Lipinski definition) is 0. The molecule has 1 atom stereocenters. The molecule has 0 saturated heterocycles. The molecule has 0 unspecified atom stereocenters. The summed E-state index contributed by atoms with van der Waals surface area (Å²) in [5.74, 6) is -3.36. The molecule has 0 aliphatic rings. The standard InChI is InChI=1S/C19H35NO6/c1-4-7-8-9-10-11-12-13-14-16(15-20(23)24)17(18(21)25-5-2)19(22)26-6-3/h16-17H,4-15H2,1-3H3/t16-/m1/s1. The number of ether oxygens (including phenoxy) is 2. The van der Waals surface area contributed by atoms with Crippen molar-refractivity contribution in [2.24, 2.45) is 11.8 Å². The van der Waals surface area contributed by atoms with Gasteiger partial charge in [0.05, 0.1) is 13.2 Å². The van der Waals surface area contributed by atoms with Gasteiger partial charge in [0.15, 0.2) is 5.92 Å². The number of nitrogens with zero attached hydrogens (tertiary/aromatic N) is 1. The number of rotatable bonds is 16. The zero-order valence-electron chi connectivity index (χ0n) is 16.5. The number of carbonyl (C=O) groups is 2. The van der Waals surface area contributed by atoms with Crippen LogP contribution in [0.2, 0.25) is 0 Å². The first-order chi connectivity index (χ1) is 12.5. The highest BCUT2D eigenvalue weighted by atomic mass is 16.6. The van der Waals surface area contributed by atoms with Crippen molar-refractivity contribution in [3.8, 4) is 0 Å². The summed E-state index contributed by atoms with van der Waals surface area (Å²) >= 11 is 0. The van der Waals surface area contributed by atoms with Gasteiger partial charge in [-0.1, -0.05) is 58.3 Å². The van der Waals surface area contributed by atoms with Gasteiger partial charge in [0.2, 0.25) is 6.54 Å². The highest BCUT2D eigenvalue weighted by molar-refractivity contribution is 5.95. The molecule has 26 heavy (non-hydrogen) atoms. The van der Waals surface area contributed by atoms with Crippen molar-refractivity contribution in [2.75, 3.05) is 19.8 Å². The third-order valence-electron chi connectivity index (χ3n) is 4.36. The summed E-state index contributed by atoms with van der Waals surface area (Å²) < 4.78 is 9.91. The zero-order chi connectivity index (χ0) is 19.8. The van der Waals surface area contributed by atoms with Crippen molar-refractivity contribution in [1.82, 2.24) is 0 Å². The van der Waals surface area contributed by atoms with E-state index in [0.717, 1.165) is 25.7 Å². The maximum absolute atomic E-state index is 12.2. The van der Waals surface area contributed by atoms with Crippen molar-refractivity contribution in [1.29, 1.82) is 0 Å². The van der Waals surface area contributed by atoms with Gasteiger partial charge in [-0.15, -0.1) is 0 Å². The van der Waals surface area contributed by atoms with E-state index in [0.29, 0.717) is 6.42 Å². The van der Waals surface area contributed by atoms with Gasteiger partial charge >= 0.3 is 11.9 Å². The highest BCUT2D eigenvalue weighted by Crippen LogP contribution is 2.23. The second-order valence-electron chi connectivity index (χ2n) is 6.52. The van der Waals surface area contributed by atoms with E-state index in [1.807, 2.05) is 0 Å². The predicted molar refractivity (Wildman–Crippen MR) is 99.3 cm³/mol. The van der Waals surface area contributed by atoms with Crippen molar-refractivity contribution in [2.45, 2.75) is 78.6 Å². The summed E-state index contributed by atoms with van der Waals surface area (Å²) in [7, 11) is 0. The first-order valence-corrected chi connectivity index (χ1v) is 9.92. The number of esters is 2. The molecule has 0 aromatic rings. The fourth-order valence-electron chi connectivity index (χ4n) is 3.04. The molecule has 0 N–H and O–H groups in total. The van der Waals surface area contributed by atoms with Crippen LogP contribution in [0.15, 0.2) is 0 Å². The Balaban J connectivity index is 4.65. The maximum Gasteiger partial charge on any atom is 0.320 e. The van der Waals surface area contributed by atoms with Crippen molar-refractivity contribution in [3.63, 3.8) is 0 Å². The summed E-state index contributed by atoms with van der Waals surface area (Å²) in [5.41, 5.74) is 0. The Hall–Kier alpha value is -1.66. The van der Waals surface area contributed by atoms with Crippen LogP contribution in [0.25, 0.3) is 0 Å². The molecule has 0 aliphatic carbocycles. The Morgan fingerprint density at radius 2 is 1.31 bits per heavy atom. The lowest BCUT2D eigenvalue weighted by molar-refractivity contribution is -0.489. The van der Waals surface area contributed by atoms with Crippen LogP contribution in [0.1, 0.15) is 78.6 Å². The van der Waals surface area contributed by atoms with Crippen LogP contribution in [-0.2, 0) is 19.1 Å². The number of nitro groups is 1. The normalized spacial score (nSPS) is 12.0. The van der Waals surface area contributed by atoms with Gasteiger partial charge in [-0.05, 0) is 20.3 Å². The topological polar surface area (TPSA) is 95.7 Å². The van der Waals surface area contributed by atoms with Gasteiger partial charge in [0.1, 0.15) is 0 Å². The van der Waals surface area contributed by atoms with Gasteiger partial charge < -0.3 is 9.47 Å². The summed E-state index contributed by atoms with van der Waals surface area (Å²) in [5, 5.41) is 11.0. The van der Waals surface area contributed by atoms with E-state index in [-0.39, 0.29) is 13.2 Å². The smallest absolute Gasteiger partial charge is 0.320 e. The lowest BCUT2D eigenvalue weighted by Crippen LogP contribution is -2.37. The van der Waals surface area contributed by atoms with Crippen LogP contribution in [0.4, 0.5) is 0 Å². The highest BCUT2D eigenvalue weighted by Gasteiger charge is 2.39. The average molecular weight is 373 g/mol. The number of carbonyl (C=O) groups excluding carboxylic acids is 2. The first-order valence-electron chi connectivity index (χ1n) is 9.92. The fraction of sp³-hybridized carbons (Fsp3) is 0.895. The summed E-state index contributed by atoms with van der Waals surface area (Å²) in [6, 6.07) is 0. The third kappa shape index (κ3) is 11.1. The molecule has 0 fully saturated rings. The molecule has 0 aliphatic heterocycles. The molecular formula is C19H35NO6. The molecule has 0 spiro atoms. The SMILES string of the molecule is CCCCCCCCCC[C@H](C[N+](=O)[O-])C(C(=O)OCC)C(=O)OCC. The minimum Gasteiger partial charge on any atom is -0.465 e. The second kappa shape index (κ2) is 15.6. The Labute approximate surface area is 157 Å². The number of hydrogen-bond acceptors (Lipinski definition) is 6. The van der Waals surface area contributed by atoms with Gasteiger partial charge in [-0.25, -0.2) is 0 Å². The largest absolute Gasteiger partial charge is 0.465 e. The van der Waals surface area contributed by atoms with Crippen molar-refractivity contribution < 1.29 is 24.0 Å². The average Bonchev–Trinajstić information content (AvgIpc) is 2.57. The Morgan fingerprint density at radius 1 is 0.846 bits per heavy atom. The third-order valence-corrected chi connectivity index (χ3v) is 4.36. The minimum absolute atomic E-state index is 0.123. The lowest BCUT2D eigenvalue weighted by atomic mass is 9.87. The van der Waals surface area contributed by atoms with Crippen LogP contribution in [-0.4, -0.2) is 36.6 Å². The number of unbranched alkanes of at least 4 members (excludes halogenated alkanes) is 7. The van der Waals surface area contributed by atoms with E-state index in [1.165, 1.54) is 25.7 Å². The van der Waals surface area contributed by atoms with Gasteiger partial charge in [-0.3, -0.25) is 19.7 Å². The Bertz CT molecular complexity index is 395. The van der Waals surface area contributed by atoms with Crippen LogP contribution >= 0.6 is 0 Å². The molecule has 152 valence electrons. The van der Waals surface area contributed by atoms with E-state index in [1.54, 1.807) is 13.8 Å². The minimum atomic E-state index is -1.22. The van der Waals surface area contributed by atoms with Crippen LogP contribution in [0.5, 0.6) is 0 Å². The molecule has 0 bridgehead atoms. The molecular weight excluding hydrogens is 338 g/mol. The zero-order valence-corrected chi connectivity index (χ0v) is 16.5. The monoisotopic (exact) mass is 373 g/mol. The summed E-state index contributed by atoms with van der Waals surface area (Å²) in [4.78, 5) is 34.9. The Kier molecular flexibility index (Phi) is 14.6. The van der Waals surface area contributed by atoms with E-state index < -0.39 is 35.2 Å². The summed E-state index contributed by atoms with van der Waals surface area (Å²) in [6.07, 6.45) is 9.28. The van der Waals surface area contributed by atoms with Gasteiger partial charge in [0, 0.05) is 10.8 Å². The van der Waals surface area contributed by atoms with E-state index in [4.69, 9.17) is 9.47 Å². The van der Waals surface area contributed by atoms with Gasteiger partial charge in [-0.2, -0.15) is 0 Å². The first kappa shape index (κ1) is 24.3. The van der Waals surface area contributed by atoms with Crippen LogP contribution in [0.3, 0.4) is 0 Å². The Morgan fingerprint density at radius 3 is 1.73 bits per heavy atom. The van der Waals surface area contributed by atoms with E-state index in [9.17, 15) is 19.7 Å². The molecule has 0 saturated carbocycles. The molecule has 0 radical (unpaired) electrons. The summed E-state index contributed by atoms with van der Waals surface area (Å²) in [6.45, 7) is 5.27. The van der Waals surface area contributed by atoms with E-state index >= 15 is 0 Å². The second-order valence-corrected chi connectivity index (χ2v) is 6.52. The quantitative estimate of drug-likeness (QED) is 0.133.